The van der Waals surface area contributed by atoms with Gasteiger partial charge in [-0.25, -0.2) is 4.39 Å². The van der Waals surface area contributed by atoms with Crippen LogP contribution in [-0.4, -0.2) is 0 Å². The van der Waals surface area contributed by atoms with Crippen LogP contribution in [-0.2, 0) is 6.42 Å². The maximum absolute atomic E-state index is 13.5. The molecule has 0 saturated carbocycles. The molecule has 0 spiro atoms. The van der Waals surface area contributed by atoms with Crippen molar-refractivity contribution < 1.29 is 4.39 Å². The van der Waals surface area contributed by atoms with Gasteiger partial charge >= 0.3 is 0 Å². The summed E-state index contributed by atoms with van der Waals surface area (Å²) in [5.74, 6) is -0.503. The molecule has 0 heterocycles. The molecular weight excluding hydrogens is 251 g/mol. The van der Waals surface area contributed by atoms with Gasteiger partial charge in [0.25, 0.3) is 0 Å². The predicted octanol–water partition coefficient (Wildman–Crippen LogP) is 4.78. The van der Waals surface area contributed by atoms with Crippen LogP contribution in [0.15, 0.2) is 42.5 Å². The second-order valence-electron chi connectivity index (χ2n) is 4.70. The van der Waals surface area contributed by atoms with Crippen LogP contribution >= 0.6 is 0 Å². The van der Waals surface area contributed by atoms with E-state index in [1.165, 1.54) is 24.5 Å². The van der Waals surface area contributed by atoms with Gasteiger partial charge in [0.05, 0.1) is 5.69 Å². The molecule has 102 valence electrons. The normalized spacial score (nSPS) is 10.1. The van der Waals surface area contributed by atoms with Gasteiger partial charge in [0.2, 0.25) is 0 Å². The molecule has 0 bridgehead atoms. The molecular formula is C17H17FN2. The van der Waals surface area contributed by atoms with Gasteiger partial charge < -0.3 is 5.32 Å². The number of nitrogens with zero attached hydrogens (tertiary/aromatic N) is 1. The van der Waals surface area contributed by atoms with Gasteiger partial charge in [-0.05, 0) is 42.7 Å². The molecule has 2 rings (SSSR count). The first-order chi connectivity index (χ1) is 9.74. The molecule has 0 aliphatic rings. The SMILES string of the molecule is CCCCc1ccc(Nc2cccc(F)c2C#N)cc1. The van der Waals surface area contributed by atoms with E-state index in [1.54, 1.807) is 12.1 Å². The quantitative estimate of drug-likeness (QED) is 0.846. The van der Waals surface area contributed by atoms with E-state index in [1.807, 2.05) is 18.2 Å². The van der Waals surface area contributed by atoms with Crippen LogP contribution in [0.3, 0.4) is 0 Å². The van der Waals surface area contributed by atoms with Gasteiger partial charge in [0, 0.05) is 5.69 Å². The fourth-order valence-corrected chi connectivity index (χ4v) is 2.03. The topological polar surface area (TPSA) is 35.8 Å². The lowest BCUT2D eigenvalue weighted by molar-refractivity contribution is 0.624. The average Bonchev–Trinajstić information content (AvgIpc) is 2.47. The molecule has 0 saturated heterocycles. The summed E-state index contributed by atoms with van der Waals surface area (Å²) in [4.78, 5) is 0. The number of unbranched alkanes of at least 4 members (excludes halogenated alkanes) is 1. The van der Waals surface area contributed by atoms with Crippen LogP contribution < -0.4 is 5.32 Å². The molecule has 1 N–H and O–H groups in total. The Morgan fingerprint density at radius 1 is 1.15 bits per heavy atom. The molecule has 20 heavy (non-hydrogen) atoms. The number of rotatable bonds is 5. The van der Waals surface area contributed by atoms with Crippen molar-refractivity contribution in [2.75, 3.05) is 5.32 Å². The zero-order valence-corrected chi connectivity index (χ0v) is 11.5. The fourth-order valence-electron chi connectivity index (χ4n) is 2.03. The van der Waals surface area contributed by atoms with Gasteiger partial charge in [-0.2, -0.15) is 5.26 Å². The molecule has 0 aliphatic carbocycles. The number of hydrogen-bond donors (Lipinski definition) is 1. The molecule has 0 amide bonds. The van der Waals surface area contributed by atoms with Crippen LogP contribution in [0.1, 0.15) is 30.9 Å². The predicted molar refractivity (Wildman–Crippen MR) is 79.5 cm³/mol. The standard InChI is InChI=1S/C17H17FN2/c1-2-3-5-13-8-10-14(11-9-13)20-17-7-4-6-16(18)15(17)12-19/h4,6-11,20H,2-3,5H2,1H3. The van der Waals surface area contributed by atoms with Crippen LogP contribution in [0, 0.1) is 17.1 Å². The molecule has 2 aromatic rings. The Kier molecular flexibility index (Phi) is 4.73. The van der Waals surface area contributed by atoms with Crippen LogP contribution in [0.25, 0.3) is 0 Å². The van der Waals surface area contributed by atoms with Crippen molar-refractivity contribution in [3.05, 3.63) is 59.4 Å². The van der Waals surface area contributed by atoms with E-state index in [2.05, 4.69) is 24.4 Å². The highest BCUT2D eigenvalue weighted by molar-refractivity contribution is 5.66. The van der Waals surface area contributed by atoms with Crippen molar-refractivity contribution in [1.29, 1.82) is 5.26 Å². The number of hydrogen-bond acceptors (Lipinski definition) is 2. The smallest absolute Gasteiger partial charge is 0.143 e. The van der Waals surface area contributed by atoms with E-state index in [-0.39, 0.29) is 5.56 Å². The van der Waals surface area contributed by atoms with Crippen LogP contribution in [0.5, 0.6) is 0 Å². The Bertz CT molecular complexity index is 612. The number of anilines is 2. The van der Waals surface area contributed by atoms with Gasteiger partial charge in [0.1, 0.15) is 17.4 Å². The zero-order valence-electron chi connectivity index (χ0n) is 11.5. The molecule has 0 aromatic heterocycles. The van der Waals surface area contributed by atoms with Crippen LogP contribution in [0.2, 0.25) is 0 Å². The second kappa shape index (κ2) is 6.72. The highest BCUT2D eigenvalue weighted by Gasteiger charge is 2.07. The molecule has 2 aromatic carbocycles. The van der Waals surface area contributed by atoms with E-state index in [0.29, 0.717) is 5.69 Å². The highest BCUT2D eigenvalue weighted by Crippen LogP contribution is 2.23. The monoisotopic (exact) mass is 268 g/mol. The Labute approximate surface area is 118 Å². The lowest BCUT2D eigenvalue weighted by Crippen LogP contribution is -1.96. The molecule has 2 nitrogen and oxygen atoms in total. The van der Waals surface area contributed by atoms with Gasteiger partial charge in [-0.15, -0.1) is 0 Å². The fraction of sp³-hybridized carbons (Fsp3) is 0.235. The van der Waals surface area contributed by atoms with Crippen molar-refractivity contribution in [2.24, 2.45) is 0 Å². The molecule has 0 atom stereocenters. The molecule has 0 aliphatic heterocycles. The maximum atomic E-state index is 13.5. The van der Waals surface area contributed by atoms with E-state index in [0.717, 1.165) is 12.1 Å². The first kappa shape index (κ1) is 14.1. The van der Waals surface area contributed by atoms with Crippen molar-refractivity contribution in [3.8, 4) is 6.07 Å². The van der Waals surface area contributed by atoms with Gasteiger partial charge in [0.15, 0.2) is 0 Å². The van der Waals surface area contributed by atoms with Crippen molar-refractivity contribution in [2.45, 2.75) is 26.2 Å². The van der Waals surface area contributed by atoms with E-state index >= 15 is 0 Å². The van der Waals surface area contributed by atoms with Crippen molar-refractivity contribution >= 4 is 11.4 Å². The van der Waals surface area contributed by atoms with Crippen LogP contribution in [0.4, 0.5) is 15.8 Å². The van der Waals surface area contributed by atoms with Gasteiger partial charge in [-0.1, -0.05) is 31.5 Å². The lowest BCUT2D eigenvalue weighted by atomic mass is 10.1. The number of halogens is 1. The first-order valence-corrected chi connectivity index (χ1v) is 6.79. The minimum atomic E-state index is -0.503. The number of benzene rings is 2. The largest absolute Gasteiger partial charge is 0.354 e. The summed E-state index contributed by atoms with van der Waals surface area (Å²) in [7, 11) is 0. The molecule has 0 fully saturated rings. The third kappa shape index (κ3) is 3.36. The Morgan fingerprint density at radius 2 is 1.90 bits per heavy atom. The number of aryl methyl sites for hydroxylation is 1. The Balaban J connectivity index is 2.15. The minimum absolute atomic E-state index is 0.0440. The summed E-state index contributed by atoms with van der Waals surface area (Å²) in [6, 6.07) is 14.5. The van der Waals surface area contributed by atoms with Crippen molar-refractivity contribution in [1.82, 2.24) is 0 Å². The lowest BCUT2D eigenvalue weighted by Gasteiger charge is -2.09. The summed E-state index contributed by atoms with van der Waals surface area (Å²) in [6.07, 6.45) is 3.42. The van der Waals surface area contributed by atoms with E-state index < -0.39 is 5.82 Å². The van der Waals surface area contributed by atoms with E-state index in [4.69, 9.17) is 5.26 Å². The molecule has 0 unspecified atom stereocenters. The number of nitrogens with one attached hydrogen (secondary N) is 1. The van der Waals surface area contributed by atoms with Crippen molar-refractivity contribution in [3.63, 3.8) is 0 Å². The average molecular weight is 268 g/mol. The Morgan fingerprint density at radius 3 is 2.55 bits per heavy atom. The third-order valence-electron chi connectivity index (χ3n) is 3.18. The first-order valence-electron chi connectivity index (χ1n) is 6.79. The summed E-state index contributed by atoms with van der Waals surface area (Å²) in [5, 5.41) is 12.1. The summed E-state index contributed by atoms with van der Waals surface area (Å²) in [5.41, 5.74) is 2.68. The zero-order chi connectivity index (χ0) is 14.4. The summed E-state index contributed by atoms with van der Waals surface area (Å²) < 4.78 is 13.5. The summed E-state index contributed by atoms with van der Waals surface area (Å²) >= 11 is 0. The Hall–Kier alpha value is -2.34. The third-order valence-corrected chi connectivity index (χ3v) is 3.18. The molecule has 0 radical (unpaired) electrons. The summed E-state index contributed by atoms with van der Waals surface area (Å²) in [6.45, 7) is 2.17. The minimum Gasteiger partial charge on any atom is -0.354 e. The van der Waals surface area contributed by atoms with E-state index in [9.17, 15) is 4.39 Å². The maximum Gasteiger partial charge on any atom is 0.143 e. The highest BCUT2D eigenvalue weighted by atomic mass is 19.1. The number of nitriles is 1. The molecule has 3 heteroatoms. The second-order valence-corrected chi connectivity index (χ2v) is 4.70. The van der Waals surface area contributed by atoms with Gasteiger partial charge in [-0.3, -0.25) is 0 Å².